The summed E-state index contributed by atoms with van der Waals surface area (Å²) < 4.78 is 13.9. The van der Waals surface area contributed by atoms with E-state index in [0.717, 1.165) is 12.1 Å². The third-order valence-electron chi connectivity index (χ3n) is 2.81. The first-order valence-corrected chi connectivity index (χ1v) is 5.68. The number of benzene rings is 2. The average Bonchev–Trinajstić information content (AvgIpc) is 2.38. The quantitative estimate of drug-likeness (QED) is 0.687. The smallest absolute Gasteiger partial charge is 0.335 e. The number of carboxylic acids is 1. The number of halogens is 1. The number of carbonyl (C=O) groups is 1. The summed E-state index contributed by atoms with van der Waals surface area (Å²) in [5, 5.41) is 19.8. The monoisotopic (exact) mass is 275 g/mol. The normalized spacial score (nSPS) is 10.3. The van der Waals surface area contributed by atoms with E-state index < -0.39 is 16.7 Å². The standard InChI is InChI=1S/C14H10FNO4/c1-8-2-3-12(13(15)4-8)9-5-10(14(17)18)7-11(6-9)16(19)20/h2-7H,1H3,(H,17,18). The Morgan fingerprint density at radius 3 is 2.50 bits per heavy atom. The first kappa shape index (κ1) is 13.7. The van der Waals surface area contributed by atoms with Gasteiger partial charge >= 0.3 is 5.97 Å². The van der Waals surface area contributed by atoms with Crippen LogP contribution in [0.1, 0.15) is 15.9 Å². The summed E-state index contributed by atoms with van der Waals surface area (Å²) in [6, 6.07) is 7.71. The Morgan fingerprint density at radius 1 is 1.25 bits per heavy atom. The number of rotatable bonds is 3. The van der Waals surface area contributed by atoms with E-state index in [4.69, 9.17) is 5.11 Å². The lowest BCUT2D eigenvalue weighted by atomic mass is 10.0. The second kappa shape index (κ2) is 5.08. The predicted molar refractivity (Wildman–Crippen MR) is 70.2 cm³/mol. The zero-order chi connectivity index (χ0) is 14.9. The highest BCUT2D eigenvalue weighted by atomic mass is 19.1. The van der Waals surface area contributed by atoms with Gasteiger partial charge in [0.05, 0.1) is 10.5 Å². The van der Waals surface area contributed by atoms with Gasteiger partial charge in [-0.2, -0.15) is 0 Å². The zero-order valence-corrected chi connectivity index (χ0v) is 10.5. The van der Waals surface area contributed by atoms with Crippen LogP contribution in [0.15, 0.2) is 36.4 Å². The summed E-state index contributed by atoms with van der Waals surface area (Å²) in [5.74, 6) is -1.86. The Morgan fingerprint density at radius 2 is 1.95 bits per heavy atom. The van der Waals surface area contributed by atoms with E-state index in [2.05, 4.69) is 0 Å². The fourth-order valence-corrected chi connectivity index (χ4v) is 1.85. The van der Waals surface area contributed by atoms with Crippen molar-refractivity contribution in [1.29, 1.82) is 0 Å². The van der Waals surface area contributed by atoms with Gasteiger partial charge in [-0.05, 0) is 30.2 Å². The van der Waals surface area contributed by atoms with Gasteiger partial charge in [-0.3, -0.25) is 10.1 Å². The Kier molecular flexibility index (Phi) is 3.47. The van der Waals surface area contributed by atoms with Crippen LogP contribution in [-0.4, -0.2) is 16.0 Å². The molecule has 6 heteroatoms. The summed E-state index contributed by atoms with van der Waals surface area (Å²) >= 11 is 0. The van der Waals surface area contributed by atoms with Crippen LogP contribution in [0.5, 0.6) is 0 Å². The molecular weight excluding hydrogens is 265 g/mol. The van der Waals surface area contributed by atoms with Crippen LogP contribution < -0.4 is 0 Å². The molecule has 2 aromatic rings. The minimum atomic E-state index is -1.30. The van der Waals surface area contributed by atoms with Gasteiger partial charge in [0.1, 0.15) is 5.82 Å². The highest BCUT2D eigenvalue weighted by Gasteiger charge is 2.16. The molecule has 0 aliphatic heterocycles. The summed E-state index contributed by atoms with van der Waals surface area (Å²) in [5.41, 5.74) is 0.347. The minimum Gasteiger partial charge on any atom is -0.478 e. The summed E-state index contributed by atoms with van der Waals surface area (Å²) in [6.07, 6.45) is 0. The van der Waals surface area contributed by atoms with E-state index in [0.29, 0.717) is 5.56 Å². The van der Waals surface area contributed by atoms with Crippen LogP contribution in [-0.2, 0) is 0 Å². The minimum absolute atomic E-state index is 0.127. The number of non-ortho nitro benzene ring substituents is 1. The predicted octanol–water partition coefficient (Wildman–Crippen LogP) is 3.41. The summed E-state index contributed by atoms with van der Waals surface area (Å²) in [7, 11) is 0. The van der Waals surface area contributed by atoms with Gasteiger partial charge in [-0.1, -0.05) is 12.1 Å². The number of aromatic carboxylic acids is 1. The van der Waals surface area contributed by atoms with Crippen molar-refractivity contribution in [3.8, 4) is 11.1 Å². The summed E-state index contributed by atoms with van der Waals surface area (Å²) in [6.45, 7) is 1.71. The van der Waals surface area contributed by atoms with E-state index >= 15 is 0 Å². The molecule has 0 aliphatic rings. The molecule has 0 radical (unpaired) electrons. The molecule has 0 bridgehead atoms. The van der Waals surface area contributed by atoms with Gasteiger partial charge in [-0.15, -0.1) is 0 Å². The van der Waals surface area contributed by atoms with Gasteiger partial charge < -0.3 is 5.11 Å². The number of carboxylic acid groups (broad SMARTS) is 1. The van der Waals surface area contributed by atoms with Gasteiger partial charge in [0.15, 0.2) is 0 Å². The lowest BCUT2D eigenvalue weighted by molar-refractivity contribution is -0.384. The Bertz CT molecular complexity index is 680. The number of nitrogens with zero attached hydrogens (tertiary/aromatic N) is 1. The molecule has 2 aromatic carbocycles. The third kappa shape index (κ3) is 2.64. The van der Waals surface area contributed by atoms with Crippen molar-refractivity contribution in [3.05, 3.63) is 63.5 Å². The fraction of sp³-hybridized carbons (Fsp3) is 0.0714. The number of nitro benzene ring substituents is 1. The van der Waals surface area contributed by atoms with E-state index in [1.165, 1.54) is 18.2 Å². The number of hydrogen-bond donors (Lipinski definition) is 1. The molecule has 0 aliphatic carbocycles. The van der Waals surface area contributed by atoms with Crippen molar-refractivity contribution in [2.24, 2.45) is 0 Å². The molecule has 0 heterocycles. The Labute approximate surface area is 113 Å². The van der Waals surface area contributed by atoms with E-state index in [1.807, 2.05) is 0 Å². The maximum absolute atomic E-state index is 13.9. The highest BCUT2D eigenvalue weighted by molar-refractivity contribution is 5.90. The van der Waals surface area contributed by atoms with Crippen molar-refractivity contribution in [2.75, 3.05) is 0 Å². The molecule has 2 rings (SSSR count). The molecule has 1 N–H and O–H groups in total. The Balaban J connectivity index is 2.66. The molecule has 0 spiro atoms. The topological polar surface area (TPSA) is 80.4 Å². The first-order chi connectivity index (χ1) is 9.38. The molecule has 0 saturated carbocycles. The number of hydrogen-bond acceptors (Lipinski definition) is 3. The van der Waals surface area contributed by atoms with Crippen molar-refractivity contribution in [2.45, 2.75) is 6.92 Å². The van der Waals surface area contributed by atoms with Crippen LogP contribution in [0.2, 0.25) is 0 Å². The molecule has 0 fully saturated rings. The average molecular weight is 275 g/mol. The van der Waals surface area contributed by atoms with Crippen LogP contribution in [0.4, 0.5) is 10.1 Å². The van der Waals surface area contributed by atoms with Crippen molar-refractivity contribution >= 4 is 11.7 Å². The molecule has 0 unspecified atom stereocenters. The number of aryl methyl sites for hydroxylation is 1. The maximum atomic E-state index is 13.9. The van der Waals surface area contributed by atoms with Gasteiger partial charge in [0.25, 0.3) is 5.69 Å². The van der Waals surface area contributed by atoms with Crippen LogP contribution in [0.3, 0.4) is 0 Å². The lowest BCUT2D eigenvalue weighted by Gasteiger charge is -2.06. The van der Waals surface area contributed by atoms with Crippen LogP contribution in [0, 0.1) is 22.9 Å². The fourth-order valence-electron chi connectivity index (χ4n) is 1.85. The second-order valence-corrected chi connectivity index (χ2v) is 4.31. The molecular formula is C14H10FNO4. The van der Waals surface area contributed by atoms with E-state index in [9.17, 15) is 19.3 Å². The van der Waals surface area contributed by atoms with E-state index in [-0.39, 0.29) is 22.4 Å². The highest BCUT2D eigenvalue weighted by Crippen LogP contribution is 2.28. The summed E-state index contributed by atoms with van der Waals surface area (Å²) in [4.78, 5) is 21.1. The molecule has 0 amide bonds. The van der Waals surface area contributed by atoms with Crippen LogP contribution in [0.25, 0.3) is 11.1 Å². The SMILES string of the molecule is Cc1ccc(-c2cc(C(=O)O)cc([N+](=O)[O-])c2)c(F)c1. The first-order valence-electron chi connectivity index (χ1n) is 5.68. The molecule has 0 aromatic heterocycles. The number of nitro groups is 1. The Hall–Kier alpha value is -2.76. The van der Waals surface area contributed by atoms with Crippen LogP contribution >= 0.6 is 0 Å². The molecule has 0 saturated heterocycles. The molecule has 0 atom stereocenters. The third-order valence-corrected chi connectivity index (χ3v) is 2.81. The second-order valence-electron chi connectivity index (χ2n) is 4.31. The van der Waals surface area contributed by atoms with Crippen molar-refractivity contribution in [3.63, 3.8) is 0 Å². The van der Waals surface area contributed by atoms with Gasteiger partial charge in [-0.25, -0.2) is 9.18 Å². The zero-order valence-electron chi connectivity index (χ0n) is 10.5. The van der Waals surface area contributed by atoms with Crippen molar-refractivity contribution < 1.29 is 19.2 Å². The van der Waals surface area contributed by atoms with Crippen molar-refractivity contribution in [1.82, 2.24) is 0 Å². The van der Waals surface area contributed by atoms with Gasteiger partial charge in [0.2, 0.25) is 0 Å². The molecule has 5 nitrogen and oxygen atoms in total. The lowest BCUT2D eigenvalue weighted by Crippen LogP contribution is -1.99. The maximum Gasteiger partial charge on any atom is 0.335 e. The largest absolute Gasteiger partial charge is 0.478 e. The van der Waals surface area contributed by atoms with Gasteiger partial charge in [0, 0.05) is 17.7 Å². The molecule has 102 valence electrons. The molecule has 20 heavy (non-hydrogen) atoms. The van der Waals surface area contributed by atoms with E-state index in [1.54, 1.807) is 13.0 Å².